The first-order valence-corrected chi connectivity index (χ1v) is 8.63. The van der Waals surface area contributed by atoms with Crippen molar-refractivity contribution in [2.24, 2.45) is 0 Å². The zero-order valence-electron chi connectivity index (χ0n) is 12.2. The quantitative estimate of drug-likeness (QED) is 0.820. The lowest BCUT2D eigenvalue weighted by Crippen LogP contribution is -2.21. The van der Waals surface area contributed by atoms with E-state index in [4.69, 9.17) is 0 Å². The van der Waals surface area contributed by atoms with E-state index < -0.39 is 0 Å². The monoisotopic (exact) mass is 307 g/mol. The van der Waals surface area contributed by atoms with Gasteiger partial charge in [0.25, 0.3) is 0 Å². The molecule has 1 aromatic carbocycles. The molecule has 2 aromatic rings. The van der Waals surface area contributed by atoms with Crippen molar-refractivity contribution < 1.29 is 0 Å². The summed E-state index contributed by atoms with van der Waals surface area (Å²) in [6, 6.07) is 9.23. The Morgan fingerprint density at radius 3 is 2.55 bits per heavy atom. The maximum absolute atomic E-state index is 4.38. The topological polar surface area (TPSA) is 37.8 Å². The van der Waals surface area contributed by atoms with Crippen molar-refractivity contribution in [3.63, 3.8) is 0 Å². The molecule has 0 amide bonds. The van der Waals surface area contributed by atoms with Gasteiger partial charge in [-0.2, -0.15) is 4.37 Å². The first kappa shape index (κ1) is 15.5. The van der Waals surface area contributed by atoms with Gasteiger partial charge in [0.2, 0.25) is 0 Å². The van der Waals surface area contributed by atoms with Gasteiger partial charge in [-0.3, -0.25) is 0 Å². The van der Waals surface area contributed by atoms with Crippen LogP contribution in [0.5, 0.6) is 0 Å². The minimum atomic E-state index is 0.456. The van der Waals surface area contributed by atoms with Crippen LogP contribution in [0.15, 0.2) is 33.5 Å². The molecule has 3 nitrogen and oxygen atoms in total. The molecule has 1 aromatic heterocycles. The Bertz CT molecular complexity index is 522. The van der Waals surface area contributed by atoms with Crippen LogP contribution in [0, 0.1) is 6.92 Å². The average molecular weight is 307 g/mol. The van der Waals surface area contributed by atoms with Crippen LogP contribution in [-0.4, -0.2) is 15.9 Å². The third-order valence-electron chi connectivity index (χ3n) is 3.05. The summed E-state index contributed by atoms with van der Waals surface area (Å²) in [6.07, 6.45) is 2.28. The number of hydrogen-bond donors (Lipinski definition) is 1. The zero-order chi connectivity index (χ0) is 14.4. The van der Waals surface area contributed by atoms with E-state index >= 15 is 0 Å². The first-order chi connectivity index (χ1) is 9.72. The van der Waals surface area contributed by atoms with Gasteiger partial charge >= 0.3 is 0 Å². The molecule has 20 heavy (non-hydrogen) atoms. The molecule has 0 radical (unpaired) electrons. The maximum atomic E-state index is 4.38. The van der Waals surface area contributed by atoms with Crippen LogP contribution in [0.3, 0.4) is 0 Å². The Morgan fingerprint density at radius 1 is 1.25 bits per heavy atom. The summed E-state index contributed by atoms with van der Waals surface area (Å²) in [4.78, 5) is 5.60. The fraction of sp³-hybridized carbons (Fsp3) is 0.467. The largest absolute Gasteiger partial charge is 0.310 e. The number of hydrogen-bond acceptors (Lipinski definition) is 5. The van der Waals surface area contributed by atoms with Crippen molar-refractivity contribution >= 4 is 23.3 Å². The van der Waals surface area contributed by atoms with Gasteiger partial charge in [-0.05, 0) is 55.5 Å². The normalized spacial score (nSPS) is 12.6. The van der Waals surface area contributed by atoms with Crippen LogP contribution < -0.4 is 5.32 Å². The van der Waals surface area contributed by atoms with Crippen LogP contribution in [0.2, 0.25) is 0 Å². The molecule has 0 aliphatic rings. The van der Waals surface area contributed by atoms with E-state index in [1.54, 1.807) is 11.8 Å². The molecule has 1 heterocycles. The van der Waals surface area contributed by atoms with Crippen LogP contribution >= 0.6 is 23.3 Å². The van der Waals surface area contributed by atoms with Gasteiger partial charge in [0.05, 0.1) is 0 Å². The molecular formula is C15H21N3S2. The van der Waals surface area contributed by atoms with Crippen LogP contribution in [0.25, 0.3) is 0 Å². The van der Waals surface area contributed by atoms with Crippen LogP contribution in [-0.2, 0) is 0 Å². The van der Waals surface area contributed by atoms with Gasteiger partial charge in [-0.25, -0.2) is 4.98 Å². The standard InChI is InChI=1S/C15H21N3S2/c1-4-10-16-14(5-2)12-6-8-13(9-7-12)19-15-17-11(3)18-20-15/h6-9,14,16H,4-5,10H2,1-3H3. The Labute approximate surface area is 129 Å². The van der Waals surface area contributed by atoms with Gasteiger partial charge in [0.1, 0.15) is 5.82 Å². The van der Waals surface area contributed by atoms with E-state index in [0.717, 1.165) is 23.1 Å². The van der Waals surface area contributed by atoms with Gasteiger partial charge in [0, 0.05) is 10.9 Å². The smallest absolute Gasteiger partial charge is 0.174 e. The Kier molecular flexibility index (Phi) is 6.01. The number of nitrogens with one attached hydrogen (secondary N) is 1. The summed E-state index contributed by atoms with van der Waals surface area (Å²) in [5, 5.41) is 3.58. The molecule has 0 fully saturated rings. The van der Waals surface area contributed by atoms with Gasteiger partial charge < -0.3 is 5.32 Å². The second kappa shape index (κ2) is 7.76. The molecular weight excluding hydrogens is 286 g/mol. The summed E-state index contributed by atoms with van der Waals surface area (Å²) in [5.74, 6) is 0.851. The highest BCUT2D eigenvalue weighted by Crippen LogP contribution is 2.30. The summed E-state index contributed by atoms with van der Waals surface area (Å²) in [6.45, 7) is 7.41. The van der Waals surface area contributed by atoms with Crippen molar-refractivity contribution in [1.29, 1.82) is 0 Å². The molecule has 1 unspecified atom stereocenters. The molecule has 0 saturated heterocycles. The molecule has 1 atom stereocenters. The lowest BCUT2D eigenvalue weighted by Gasteiger charge is -2.17. The fourth-order valence-electron chi connectivity index (χ4n) is 2.00. The summed E-state index contributed by atoms with van der Waals surface area (Å²) < 4.78 is 5.21. The van der Waals surface area contributed by atoms with Gasteiger partial charge in [0.15, 0.2) is 4.34 Å². The van der Waals surface area contributed by atoms with Crippen molar-refractivity contribution in [2.75, 3.05) is 6.54 Å². The minimum Gasteiger partial charge on any atom is -0.310 e. The Morgan fingerprint density at radius 2 is 2.00 bits per heavy atom. The number of aromatic nitrogens is 2. The Balaban J connectivity index is 2.01. The summed E-state index contributed by atoms with van der Waals surface area (Å²) in [7, 11) is 0. The fourth-order valence-corrected chi connectivity index (χ4v) is 3.63. The van der Waals surface area contributed by atoms with E-state index in [0.29, 0.717) is 6.04 Å². The summed E-state index contributed by atoms with van der Waals surface area (Å²) in [5.41, 5.74) is 1.36. The third kappa shape index (κ3) is 4.30. The number of nitrogens with zero attached hydrogens (tertiary/aromatic N) is 2. The van der Waals surface area contributed by atoms with E-state index in [1.165, 1.54) is 28.4 Å². The molecule has 5 heteroatoms. The lowest BCUT2D eigenvalue weighted by molar-refractivity contribution is 0.518. The molecule has 0 spiro atoms. The highest BCUT2D eigenvalue weighted by atomic mass is 32.2. The second-order valence-electron chi connectivity index (χ2n) is 4.69. The molecule has 0 aliphatic heterocycles. The zero-order valence-corrected chi connectivity index (χ0v) is 13.9. The number of rotatable bonds is 7. The van der Waals surface area contributed by atoms with Crippen LogP contribution in [0.1, 0.15) is 44.1 Å². The van der Waals surface area contributed by atoms with E-state index in [9.17, 15) is 0 Å². The van der Waals surface area contributed by atoms with E-state index in [1.807, 2.05) is 6.92 Å². The third-order valence-corrected chi connectivity index (χ3v) is 4.90. The highest BCUT2D eigenvalue weighted by Gasteiger charge is 2.08. The van der Waals surface area contributed by atoms with Crippen molar-refractivity contribution in [1.82, 2.24) is 14.7 Å². The maximum Gasteiger partial charge on any atom is 0.174 e. The second-order valence-corrected chi connectivity index (χ2v) is 6.77. The van der Waals surface area contributed by atoms with E-state index in [2.05, 4.69) is 52.8 Å². The van der Waals surface area contributed by atoms with E-state index in [-0.39, 0.29) is 0 Å². The number of benzene rings is 1. The Hall–Kier alpha value is -0.910. The van der Waals surface area contributed by atoms with Gasteiger partial charge in [-0.15, -0.1) is 0 Å². The molecule has 1 N–H and O–H groups in total. The first-order valence-electron chi connectivity index (χ1n) is 7.04. The van der Waals surface area contributed by atoms with Crippen molar-refractivity contribution in [3.8, 4) is 0 Å². The average Bonchev–Trinajstić information content (AvgIpc) is 2.86. The SMILES string of the molecule is CCCNC(CC)c1ccc(Sc2nc(C)ns2)cc1. The van der Waals surface area contributed by atoms with Crippen LogP contribution in [0.4, 0.5) is 0 Å². The predicted molar refractivity (Wildman–Crippen MR) is 86.5 cm³/mol. The molecule has 108 valence electrons. The van der Waals surface area contributed by atoms with Crippen molar-refractivity contribution in [2.45, 2.75) is 48.9 Å². The predicted octanol–water partition coefficient (Wildman–Crippen LogP) is 4.45. The molecule has 0 saturated carbocycles. The molecule has 2 rings (SSSR count). The number of aryl methyl sites for hydroxylation is 1. The molecule has 0 aliphatic carbocycles. The summed E-state index contributed by atoms with van der Waals surface area (Å²) >= 11 is 3.14. The molecule has 0 bridgehead atoms. The highest BCUT2D eigenvalue weighted by molar-refractivity contribution is 8.01. The van der Waals surface area contributed by atoms with Gasteiger partial charge in [-0.1, -0.05) is 37.7 Å². The lowest BCUT2D eigenvalue weighted by atomic mass is 10.0. The van der Waals surface area contributed by atoms with Crippen molar-refractivity contribution in [3.05, 3.63) is 35.7 Å². The minimum absolute atomic E-state index is 0.456.